The Balaban J connectivity index is 2.33. The Labute approximate surface area is 67.3 Å². The molecular formula is C8H15NO2. The molecule has 1 amide bonds. The molecule has 1 saturated heterocycles. The Kier molecular flexibility index (Phi) is 2.88. The Morgan fingerprint density at radius 1 is 1.73 bits per heavy atom. The number of carbonyl (C=O) groups excluding carboxylic acids is 1. The summed E-state index contributed by atoms with van der Waals surface area (Å²) in [4.78, 5) is 12.8. The minimum absolute atomic E-state index is 0.237. The van der Waals surface area contributed by atoms with Crippen molar-refractivity contribution in [2.75, 3.05) is 20.2 Å². The fraction of sp³-hybridized carbons (Fsp3) is 0.875. The van der Waals surface area contributed by atoms with Gasteiger partial charge in [0.15, 0.2) is 0 Å². The molecule has 1 aliphatic heterocycles. The fourth-order valence-corrected chi connectivity index (χ4v) is 1.35. The maximum Gasteiger partial charge on any atom is 0.222 e. The highest BCUT2D eigenvalue weighted by Gasteiger charge is 2.22. The second-order valence-corrected chi connectivity index (χ2v) is 2.89. The van der Waals surface area contributed by atoms with Gasteiger partial charge in [0.25, 0.3) is 0 Å². The summed E-state index contributed by atoms with van der Waals surface area (Å²) in [5.41, 5.74) is 0. The molecule has 0 aromatic carbocycles. The normalized spacial score (nSPS) is 25.8. The maximum atomic E-state index is 11.0. The van der Waals surface area contributed by atoms with E-state index >= 15 is 0 Å². The maximum absolute atomic E-state index is 11.0. The lowest BCUT2D eigenvalue weighted by Crippen LogP contribution is -2.40. The predicted octanol–water partition coefficient (Wildman–Crippen LogP) is 0.644. The molecule has 0 aromatic heterocycles. The van der Waals surface area contributed by atoms with Crippen LogP contribution in [0, 0.1) is 0 Å². The number of carbonyl (C=O) groups is 1. The number of ether oxygens (including phenoxy) is 1. The van der Waals surface area contributed by atoms with Gasteiger partial charge in [-0.05, 0) is 13.3 Å². The van der Waals surface area contributed by atoms with Crippen LogP contribution in [-0.4, -0.2) is 37.1 Å². The zero-order chi connectivity index (χ0) is 8.27. The van der Waals surface area contributed by atoms with Gasteiger partial charge in [-0.3, -0.25) is 4.79 Å². The van der Waals surface area contributed by atoms with Crippen molar-refractivity contribution in [3.8, 4) is 0 Å². The summed E-state index contributed by atoms with van der Waals surface area (Å²) in [7, 11) is 1.83. The summed E-state index contributed by atoms with van der Waals surface area (Å²) in [6, 6.07) is 0. The number of amides is 1. The first-order valence-corrected chi connectivity index (χ1v) is 4.09. The standard InChI is InChI=1S/C8H15NO2/c1-3-11-7-4-5-8(10)9(2)6-7/h7H,3-6H2,1-2H3. The van der Waals surface area contributed by atoms with Gasteiger partial charge in [-0.25, -0.2) is 0 Å². The van der Waals surface area contributed by atoms with Crippen LogP contribution in [0.1, 0.15) is 19.8 Å². The van der Waals surface area contributed by atoms with E-state index in [1.807, 2.05) is 14.0 Å². The molecule has 1 unspecified atom stereocenters. The van der Waals surface area contributed by atoms with Gasteiger partial charge in [0.1, 0.15) is 0 Å². The largest absolute Gasteiger partial charge is 0.377 e. The summed E-state index contributed by atoms with van der Waals surface area (Å²) in [6.45, 7) is 3.48. The van der Waals surface area contributed by atoms with Crippen LogP contribution in [0.2, 0.25) is 0 Å². The Hall–Kier alpha value is -0.570. The Morgan fingerprint density at radius 2 is 2.45 bits per heavy atom. The van der Waals surface area contributed by atoms with Crippen molar-refractivity contribution >= 4 is 5.91 Å². The molecule has 11 heavy (non-hydrogen) atoms. The zero-order valence-electron chi connectivity index (χ0n) is 7.17. The van der Waals surface area contributed by atoms with E-state index in [1.54, 1.807) is 4.90 Å². The number of likely N-dealkylation sites (tertiary alicyclic amines) is 1. The molecule has 0 bridgehead atoms. The third kappa shape index (κ3) is 2.19. The van der Waals surface area contributed by atoms with Gasteiger partial charge in [-0.2, -0.15) is 0 Å². The van der Waals surface area contributed by atoms with E-state index in [9.17, 15) is 4.79 Å². The Morgan fingerprint density at radius 3 is 3.00 bits per heavy atom. The molecule has 0 saturated carbocycles. The molecule has 1 heterocycles. The van der Waals surface area contributed by atoms with E-state index in [4.69, 9.17) is 4.74 Å². The van der Waals surface area contributed by atoms with E-state index in [2.05, 4.69) is 0 Å². The van der Waals surface area contributed by atoms with Gasteiger partial charge in [0, 0.05) is 26.6 Å². The van der Waals surface area contributed by atoms with Gasteiger partial charge in [-0.1, -0.05) is 0 Å². The van der Waals surface area contributed by atoms with Gasteiger partial charge in [-0.15, -0.1) is 0 Å². The van der Waals surface area contributed by atoms with Gasteiger partial charge >= 0.3 is 0 Å². The monoisotopic (exact) mass is 157 g/mol. The summed E-state index contributed by atoms with van der Waals surface area (Å²) < 4.78 is 5.41. The van der Waals surface area contributed by atoms with E-state index in [0.29, 0.717) is 6.42 Å². The summed E-state index contributed by atoms with van der Waals surface area (Å²) in [5, 5.41) is 0. The fourth-order valence-electron chi connectivity index (χ4n) is 1.35. The second kappa shape index (κ2) is 3.72. The van der Waals surface area contributed by atoms with Crippen molar-refractivity contribution < 1.29 is 9.53 Å². The molecule has 1 aliphatic rings. The molecule has 0 radical (unpaired) electrons. The van der Waals surface area contributed by atoms with Crippen molar-refractivity contribution in [3.63, 3.8) is 0 Å². The molecule has 64 valence electrons. The minimum atomic E-state index is 0.237. The molecular weight excluding hydrogens is 142 g/mol. The van der Waals surface area contributed by atoms with E-state index in [-0.39, 0.29) is 12.0 Å². The number of rotatable bonds is 2. The third-order valence-electron chi connectivity index (χ3n) is 1.99. The van der Waals surface area contributed by atoms with Gasteiger partial charge in [0.05, 0.1) is 6.10 Å². The van der Waals surface area contributed by atoms with Crippen LogP contribution in [0.3, 0.4) is 0 Å². The summed E-state index contributed by atoms with van der Waals surface area (Å²) >= 11 is 0. The first kappa shape index (κ1) is 8.53. The highest BCUT2D eigenvalue weighted by Crippen LogP contribution is 2.12. The van der Waals surface area contributed by atoms with Crippen LogP contribution in [0.15, 0.2) is 0 Å². The smallest absolute Gasteiger partial charge is 0.222 e. The van der Waals surface area contributed by atoms with Crippen molar-refractivity contribution in [2.24, 2.45) is 0 Å². The number of likely N-dealkylation sites (N-methyl/N-ethyl adjacent to an activating group) is 1. The first-order chi connectivity index (χ1) is 5.24. The first-order valence-electron chi connectivity index (χ1n) is 4.09. The van der Waals surface area contributed by atoms with E-state index in [0.717, 1.165) is 19.6 Å². The SMILES string of the molecule is CCOC1CCC(=O)N(C)C1. The molecule has 0 spiro atoms. The molecule has 0 aromatic rings. The zero-order valence-corrected chi connectivity index (χ0v) is 7.17. The molecule has 1 atom stereocenters. The quantitative estimate of drug-likeness (QED) is 0.589. The van der Waals surface area contributed by atoms with Crippen molar-refractivity contribution in [3.05, 3.63) is 0 Å². The van der Waals surface area contributed by atoms with Crippen molar-refractivity contribution in [2.45, 2.75) is 25.9 Å². The molecule has 3 heteroatoms. The van der Waals surface area contributed by atoms with Gasteiger partial charge < -0.3 is 9.64 Å². The molecule has 1 rings (SSSR count). The molecule has 1 fully saturated rings. The average Bonchev–Trinajstić information content (AvgIpc) is 1.98. The van der Waals surface area contributed by atoms with Crippen molar-refractivity contribution in [1.29, 1.82) is 0 Å². The van der Waals surface area contributed by atoms with Crippen LogP contribution in [0.5, 0.6) is 0 Å². The highest BCUT2D eigenvalue weighted by atomic mass is 16.5. The van der Waals surface area contributed by atoms with Crippen LogP contribution in [0.4, 0.5) is 0 Å². The molecule has 0 N–H and O–H groups in total. The van der Waals surface area contributed by atoms with Crippen LogP contribution in [0.25, 0.3) is 0 Å². The topological polar surface area (TPSA) is 29.5 Å². The number of piperidine rings is 1. The molecule has 0 aliphatic carbocycles. The van der Waals surface area contributed by atoms with Gasteiger partial charge in [0.2, 0.25) is 5.91 Å². The lowest BCUT2D eigenvalue weighted by molar-refractivity contribution is -0.136. The predicted molar refractivity (Wildman–Crippen MR) is 42.3 cm³/mol. The van der Waals surface area contributed by atoms with Crippen molar-refractivity contribution in [1.82, 2.24) is 4.90 Å². The lowest BCUT2D eigenvalue weighted by Gasteiger charge is -2.29. The van der Waals surface area contributed by atoms with E-state index < -0.39 is 0 Å². The lowest BCUT2D eigenvalue weighted by atomic mass is 10.1. The number of hydrogen-bond donors (Lipinski definition) is 0. The van der Waals surface area contributed by atoms with Crippen LogP contribution < -0.4 is 0 Å². The summed E-state index contributed by atoms with van der Waals surface area (Å²) in [6.07, 6.45) is 1.79. The van der Waals surface area contributed by atoms with Crippen LogP contribution >= 0.6 is 0 Å². The molecule has 3 nitrogen and oxygen atoms in total. The van der Waals surface area contributed by atoms with Crippen LogP contribution in [-0.2, 0) is 9.53 Å². The highest BCUT2D eigenvalue weighted by molar-refractivity contribution is 5.76. The summed E-state index contributed by atoms with van der Waals surface area (Å²) in [5.74, 6) is 0.237. The average molecular weight is 157 g/mol. The number of hydrogen-bond acceptors (Lipinski definition) is 2. The van der Waals surface area contributed by atoms with E-state index in [1.165, 1.54) is 0 Å². The minimum Gasteiger partial charge on any atom is -0.377 e. The third-order valence-corrected chi connectivity index (χ3v) is 1.99. The number of nitrogens with zero attached hydrogens (tertiary/aromatic N) is 1. The Bertz CT molecular complexity index is 147. The second-order valence-electron chi connectivity index (χ2n) is 2.89.